The maximum atomic E-state index is 14.0. The standard InChI is InChI=1S/C32H29N3O8S/c1-4-41-26-15-12-22(16-27(26)42-5-2)29-24(31(37)40-3)18-33-32-34(29)30(36)28(44-32)17-21-8-6-7-9-25(21)43-19-20-10-13-23(14-11-20)35(38)39/h6-18,29H,4-5,19H2,1-3H3/b28-17-/t29-/m1/s1. The van der Waals surface area contributed by atoms with Gasteiger partial charge < -0.3 is 18.9 Å². The van der Waals surface area contributed by atoms with Crippen molar-refractivity contribution in [3.05, 3.63) is 125 Å². The number of hydrogen-bond acceptors (Lipinski definition) is 10. The minimum absolute atomic E-state index is 0.00228. The van der Waals surface area contributed by atoms with Crippen LogP contribution in [0.15, 0.2) is 88.3 Å². The molecular formula is C32H29N3O8S. The number of nitro groups is 1. The van der Waals surface area contributed by atoms with Gasteiger partial charge in [-0.25, -0.2) is 9.79 Å². The van der Waals surface area contributed by atoms with Gasteiger partial charge in [0, 0.05) is 23.9 Å². The van der Waals surface area contributed by atoms with E-state index in [-0.39, 0.29) is 23.4 Å². The molecule has 226 valence electrons. The topological polar surface area (TPSA) is 131 Å². The lowest BCUT2D eigenvalue weighted by atomic mass is 9.97. The van der Waals surface area contributed by atoms with E-state index in [9.17, 15) is 19.7 Å². The largest absolute Gasteiger partial charge is 0.490 e. The summed E-state index contributed by atoms with van der Waals surface area (Å²) in [5.74, 6) is 0.968. The second-order valence-electron chi connectivity index (χ2n) is 9.50. The summed E-state index contributed by atoms with van der Waals surface area (Å²) in [5.41, 5.74) is 1.89. The summed E-state index contributed by atoms with van der Waals surface area (Å²) in [4.78, 5) is 42.2. The molecule has 0 saturated heterocycles. The number of nitro benzene ring substituents is 1. The van der Waals surface area contributed by atoms with Crippen molar-refractivity contribution in [3.63, 3.8) is 0 Å². The van der Waals surface area contributed by atoms with Crippen LogP contribution in [-0.2, 0) is 16.1 Å². The first-order valence-corrected chi connectivity index (χ1v) is 14.6. The van der Waals surface area contributed by atoms with E-state index in [0.29, 0.717) is 50.9 Å². The van der Waals surface area contributed by atoms with Crippen LogP contribution >= 0.6 is 11.3 Å². The van der Waals surface area contributed by atoms with Crippen molar-refractivity contribution < 1.29 is 28.7 Å². The number of carbonyl (C=O) groups excluding carboxylic acids is 1. The Balaban J connectivity index is 1.54. The van der Waals surface area contributed by atoms with E-state index in [1.807, 2.05) is 32.0 Å². The maximum Gasteiger partial charge on any atom is 0.337 e. The van der Waals surface area contributed by atoms with Gasteiger partial charge in [0.15, 0.2) is 16.3 Å². The number of carbonyl (C=O) groups is 1. The van der Waals surface area contributed by atoms with Gasteiger partial charge in [0.1, 0.15) is 12.4 Å². The minimum Gasteiger partial charge on any atom is -0.490 e. The number of methoxy groups -OCH3 is 1. The van der Waals surface area contributed by atoms with Crippen molar-refractivity contribution in [2.45, 2.75) is 26.5 Å². The van der Waals surface area contributed by atoms with Crippen molar-refractivity contribution in [1.82, 2.24) is 4.57 Å². The van der Waals surface area contributed by atoms with Crippen LogP contribution in [0.3, 0.4) is 0 Å². The molecule has 1 aromatic heterocycles. The molecule has 0 amide bonds. The normalized spacial score (nSPS) is 14.2. The fraction of sp³-hybridized carbons (Fsp3) is 0.219. The molecule has 5 rings (SSSR count). The predicted octanol–water partition coefficient (Wildman–Crippen LogP) is 4.30. The maximum absolute atomic E-state index is 14.0. The molecule has 2 heterocycles. The number of para-hydroxylation sites is 1. The molecule has 1 aliphatic heterocycles. The van der Waals surface area contributed by atoms with Crippen LogP contribution in [0.2, 0.25) is 0 Å². The first-order chi connectivity index (χ1) is 21.3. The number of esters is 1. The molecule has 0 unspecified atom stereocenters. The monoisotopic (exact) mass is 615 g/mol. The molecule has 0 aliphatic carbocycles. The predicted molar refractivity (Wildman–Crippen MR) is 164 cm³/mol. The molecular weight excluding hydrogens is 586 g/mol. The van der Waals surface area contributed by atoms with Crippen LogP contribution < -0.4 is 29.1 Å². The Bertz CT molecular complexity index is 1910. The minimum atomic E-state index is -0.815. The molecule has 0 saturated carbocycles. The van der Waals surface area contributed by atoms with Crippen LogP contribution in [0.1, 0.15) is 36.6 Å². The summed E-state index contributed by atoms with van der Waals surface area (Å²) in [6, 6.07) is 17.9. The van der Waals surface area contributed by atoms with Crippen LogP contribution in [0.4, 0.5) is 5.69 Å². The highest BCUT2D eigenvalue weighted by atomic mass is 32.1. The quantitative estimate of drug-likeness (QED) is 0.139. The van der Waals surface area contributed by atoms with Gasteiger partial charge in [-0.3, -0.25) is 19.5 Å². The van der Waals surface area contributed by atoms with Crippen molar-refractivity contribution in [1.29, 1.82) is 0 Å². The van der Waals surface area contributed by atoms with E-state index >= 15 is 0 Å². The van der Waals surface area contributed by atoms with Gasteiger partial charge in [0.2, 0.25) is 0 Å². The van der Waals surface area contributed by atoms with Gasteiger partial charge in [-0.05, 0) is 61.4 Å². The zero-order valence-corrected chi connectivity index (χ0v) is 25.0. The molecule has 0 N–H and O–H groups in total. The highest BCUT2D eigenvalue weighted by molar-refractivity contribution is 7.07. The Labute approximate surface area is 256 Å². The molecule has 11 nitrogen and oxygen atoms in total. The van der Waals surface area contributed by atoms with E-state index in [1.165, 1.54) is 41.3 Å². The molecule has 1 atom stereocenters. The highest BCUT2D eigenvalue weighted by Crippen LogP contribution is 2.35. The number of non-ortho nitro benzene ring substituents is 1. The fourth-order valence-electron chi connectivity index (χ4n) is 4.73. The summed E-state index contributed by atoms with van der Waals surface area (Å²) < 4.78 is 24.5. The van der Waals surface area contributed by atoms with Gasteiger partial charge >= 0.3 is 5.97 Å². The summed E-state index contributed by atoms with van der Waals surface area (Å²) >= 11 is 1.19. The third-order valence-corrected chi connectivity index (χ3v) is 7.75. The summed E-state index contributed by atoms with van der Waals surface area (Å²) in [6.07, 6.45) is 3.15. The highest BCUT2D eigenvalue weighted by Gasteiger charge is 2.31. The number of rotatable bonds is 11. The van der Waals surface area contributed by atoms with Gasteiger partial charge in [-0.1, -0.05) is 35.6 Å². The Hall–Kier alpha value is -5.23. The second kappa shape index (κ2) is 13.4. The van der Waals surface area contributed by atoms with E-state index in [4.69, 9.17) is 18.9 Å². The first-order valence-electron chi connectivity index (χ1n) is 13.8. The Morgan fingerprint density at radius 3 is 2.43 bits per heavy atom. The number of benzene rings is 3. The van der Waals surface area contributed by atoms with Crippen LogP contribution in [0, 0.1) is 10.1 Å². The Kier molecular flexibility index (Phi) is 9.20. The average Bonchev–Trinajstić information content (AvgIpc) is 3.35. The number of nitrogens with zero attached hydrogens (tertiary/aromatic N) is 3. The second-order valence-corrected chi connectivity index (χ2v) is 10.5. The molecule has 0 bridgehead atoms. The third-order valence-electron chi connectivity index (χ3n) is 6.76. The van der Waals surface area contributed by atoms with Gasteiger partial charge in [0.25, 0.3) is 11.2 Å². The summed E-state index contributed by atoms with van der Waals surface area (Å²) in [6.45, 7) is 4.75. The molecule has 1 aliphatic rings. The van der Waals surface area contributed by atoms with E-state index in [0.717, 1.165) is 5.56 Å². The average molecular weight is 616 g/mol. The number of fused-ring (bicyclic) bond motifs is 1. The zero-order chi connectivity index (χ0) is 31.2. The lowest BCUT2D eigenvalue weighted by Gasteiger charge is -2.23. The lowest BCUT2D eigenvalue weighted by Crippen LogP contribution is -2.39. The number of ether oxygens (including phenoxy) is 4. The van der Waals surface area contributed by atoms with Crippen molar-refractivity contribution in [3.8, 4) is 17.2 Å². The number of hydrogen-bond donors (Lipinski definition) is 0. The van der Waals surface area contributed by atoms with E-state index in [1.54, 1.807) is 42.5 Å². The van der Waals surface area contributed by atoms with Crippen LogP contribution in [0.25, 0.3) is 6.08 Å². The van der Waals surface area contributed by atoms with Crippen molar-refractivity contribution in [2.24, 2.45) is 4.99 Å². The molecule has 3 aromatic carbocycles. The van der Waals surface area contributed by atoms with Gasteiger partial charge in [0.05, 0.1) is 41.4 Å². The summed E-state index contributed by atoms with van der Waals surface area (Å²) in [5, 5.41) is 11.0. The number of aromatic nitrogens is 1. The van der Waals surface area contributed by atoms with Crippen molar-refractivity contribution >= 4 is 29.1 Å². The molecule has 0 radical (unpaired) electrons. The van der Waals surface area contributed by atoms with E-state index < -0.39 is 16.9 Å². The van der Waals surface area contributed by atoms with Gasteiger partial charge in [-0.2, -0.15) is 0 Å². The fourth-order valence-corrected chi connectivity index (χ4v) is 5.70. The van der Waals surface area contributed by atoms with Crippen LogP contribution in [0.5, 0.6) is 17.2 Å². The smallest absolute Gasteiger partial charge is 0.337 e. The first kappa shape index (κ1) is 30.2. The molecule has 0 spiro atoms. The Morgan fingerprint density at radius 2 is 1.73 bits per heavy atom. The molecule has 0 fully saturated rings. The van der Waals surface area contributed by atoms with Crippen molar-refractivity contribution in [2.75, 3.05) is 20.3 Å². The molecule has 44 heavy (non-hydrogen) atoms. The number of thiazole rings is 1. The zero-order valence-electron chi connectivity index (χ0n) is 24.2. The SMILES string of the molecule is CCOc1ccc([C@@H]2C(C(=O)OC)=CN=c3s/c(=C\c4ccccc4OCc4ccc([N+](=O)[O-])cc4)c(=O)n32)cc1OCC. The van der Waals surface area contributed by atoms with E-state index in [2.05, 4.69) is 4.99 Å². The molecule has 4 aromatic rings. The summed E-state index contributed by atoms with van der Waals surface area (Å²) in [7, 11) is 1.28. The Morgan fingerprint density at radius 1 is 1.00 bits per heavy atom. The lowest BCUT2D eigenvalue weighted by molar-refractivity contribution is -0.384. The third kappa shape index (κ3) is 6.25. The van der Waals surface area contributed by atoms with Crippen LogP contribution in [-0.4, -0.2) is 35.8 Å². The van der Waals surface area contributed by atoms with Gasteiger partial charge in [-0.15, -0.1) is 0 Å². The molecule has 12 heteroatoms.